The van der Waals surface area contributed by atoms with Crippen molar-refractivity contribution in [1.29, 1.82) is 0 Å². The van der Waals surface area contributed by atoms with Gasteiger partial charge in [-0.05, 0) is 36.4 Å². The lowest BCUT2D eigenvalue weighted by Crippen LogP contribution is -2.14. The minimum absolute atomic E-state index is 0.136. The zero-order valence-electron chi connectivity index (χ0n) is 11.0. The number of methoxy groups -OCH3 is 1. The fourth-order valence-corrected chi connectivity index (χ4v) is 1.87. The quantitative estimate of drug-likeness (QED) is 0.883. The van der Waals surface area contributed by atoms with Crippen molar-refractivity contribution in [3.63, 3.8) is 0 Å². The van der Waals surface area contributed by atoms with Crippen LogP contribution in [0.15, 0.2) is 42.5 Å². The van der Waals surface area contributed by atoms with Crippen LogP contribution in [0, 0.1) is 5.82 Å². The maximum absolute atomic E-state index is 13.6. The lowest BCUT2D eigenvalue weighted by atomic mass is 10.1. The van der Waals surface area contributed by atoms with Gasteiger partial charge in [0, 0.05) is 10.7 Å². The molecule has 1 N–H and O–H groups in total. The summed E-state index contributed by atoms with van der Waals surface area (Å²) in [6.07, 6.45) is 0. The molecule has 0 bridgehead atoms. The summed E-state index contributed by atoms with van der Waals surface area (Å²) >= 11 is 5.63. The first-order chi connectivity index (χ1) is 10.0. The summed E-state index contributed by atoms with van der Waals surface area (Å²) in [7, 11) is 1.26. The molecule has 0 unspecified atom stereocenters. The lowest BCUT2D eigenvalue weighted by molar-refractivity contribution is 0.0600. The Morgan fingerprint density at radius 1 is 1.19 bits per heavy atom. The molecule has 0 aliphatic heterocycles. The van der Waals surface area contributed by atoms with Crippen LogP contribution >= 0.6 is 11.6 Å². The number of amides is 1. The van der Waals surface area contributed by atoms with Gasteiger partial charge in [-0.2, -0.15) is 0 Å². The van der Waals surface area contributed by atoms with Crippen molar-refractivity contribution in [2.45, 2.75) is 0 Å². The molecule has 2 rings (SSSR count). The largest absolute Gasteiger partial charge is 0.465 e. The van der Waals surface area contributed by atoms with Crippen LogP contribution in [0.5, 0.6) is 0 Å². The zero-order valence-corrected chi connectivity index (χ0v) is 11.8. The Bertz CT molecular complexity index is 703. The molecule has 2 aromatic rings. The molecule has 0 atom stereocenters. The second-order valence-electron chi connectivity index (χ2n) is 4.15. The maximum atomic E-state index is 13.6. The van der Waals surface area contributed by atoms with E-state index in [-0.39, 0.29) is 16.1 Å². The van der Waals surface area contributed by atoms with Gasteiger partial charge in [-0.25, -0.2) is 9.18 Å². The molecule has 21 heavy (non-hydrogen) atoms. The third kappa shape index (κ3) is 3.58. The van der Waals surface area contributed by atoms with Crippen molar-refractivity contribution in [3.05, 3.63) is 64.4 Å². The van der Waals surface area contributed by atoms with Gasteiger partial charge in [-0.3, -0.25) is 4.79 Å². The van der Waals surface area contributed by atoms with Crippen molar-refractivity contribution >= 4 is 29.2 Å². The van der Waals surface area contributed by atoms with Gasteiger partial charge in [0.05, 0.1) is 18.2 Å². The topological polar surface area (TPSA) is 55.4 Å². The van der Waals surface area contributed by atoms with Gasteiger partial charge < -0.3 is 10.1 Å². The van der Waals surface area contributed by atoms with Crippen LogP contribution in [0.2, 0.25) is 5.02 Å². The Balaban J connectivity index is 2.21. The van der Waals surface area contributed by atoms with Gasteiger partial charge in [0.25, 0.3) is 5.91 Å². The second kappa shape index (κ2) is 6.37. The number of hydrogen-bond donors (Lipinski definition) is 1. The van der Waals surface area contributed by atoms with Gasteiger partial charge in [0.1, 0.15) is 5.82 Å². The smallest absolute Gasteiger partial charge is 0.337 e. The molecular weight excluding hydrogens is 297 g/mol. The van der Waals surface area contributed by atoms with E-state index in [0.29, 0.717) is 5.69 Å². The number of nitrogens with one attached hydrogen (secondary N) is 1. The van der Waals surface area contributed by atoms with Crippen LogP contribution in [0.25, 0.3) is 0 Å². The minimum Gasteiger partial charge on any atom is -0.465 e. The molecule has 0 aliphatic carbocycles. The number of ether oxygens (including phenoxy) is 1. The normalized spacial score (nSPS) is 10.0. The van der Waals surface area contributed by atoms with Crippen molar-refractivity contribution in [1.82, 2.24) is 0 Å². The summed E-state index contributed by atoms with van der Waals surface area (Å²) < 4.78 is 18.2. The van der Waals surface area contributed by atoms with Crippen molar-refractivity contribution in [3.8, 4) is 0 Å². The van der Waals surface area contributed by atoms with Crippen molar-refractivity contribution in [2.75, 3.05) is 12.4 Å². The van der Waals surface area contributed by atoms with Crippen LogP contribution in [0.1, 0.15) is 20.7 Å². The van der Waals surface area contributed by atoms with Crippen molar-refractivity contribution < 1.29 is 18.7 Å². The second-order valence-corrected chi connectivity index (χ2v) is 4.59. The van der Waals surface area contributed by atoms with Crippen LogP contribution in [-0.4, -0.2) is 19.0 Å². The summed E-state index contributed by atoms with van der Waals surface area (Å²) in [5.41, 5.74) is 0.506. The molecule has 0 saturated heterocycles. The summed E-state index contributed by atoms with van der Waals surface area (Å²) in [6.45, 7) is 0. The summed E-state index contributed by atoms with van der Waals surface area (Å²) in [5, 5.41) is 2.71. The standard InChI is InChI=1S/C15H11ClFNO3/c1-21-15(20)9-3-2-4-11(7-9)18-14(19)12-6-5-10(16)8-13(12)17/h2-8H,1H3,(H,18,19). The van der Waals surface area contributed by atoms with Crippen LogP contribution in [0.4, 0.5) is 10.1 Å². The Hall–Kier alpha value is -2.40. The number of carbonyl (C=O) groups is 2. The van der Waals surface area contributed by atoms with E-state index in [9.17, 15) is 14.0 Å². The first kappa shape index (κ1) is 15.0. The highest BCUT2D eigenvalue weighted by atomic mass is 35.5. The van der Waals surface area contributed by atoms with E-state index in [1.807, 2.05) is 0 Å². The van der Waals surface area contributed by atoms with Crippen molar-refractivity contribution in [2.24, 2.45) is 0 Å². The Morgan fingerprint density at radius 2 is 1.95 bits per heavy atom. The van der Waals surface area contributed by atoms with Gasteiger partial charge in [-0.15, -0.1) is 0 Å². The Morgan fingerprint density at radius 3 is 2.62 bits per heavy atom. The molecule has 0 aliphatic rings. The molecule has 0 fully saturated rings. The molecule has 0 heterocycles. The summed E-state index contributed by atoms with van der Waals surface area (Å²) in [4.78, 5) is 23.4. The third-order valence-corrected chi connectivity index (χ3v) is 2.95. The number of rotatable bonds is 3. The molecule has 0 saturated carbocycles. The molecule has 1 amide bonds. The molecule has 0 spiro atoms. The van der Waals surface area contributed by atoms with Crippen LogP contribution < -0.4 is 5.32 Å². The third-order valence-electron chi connectivity index (χ3n) is 2.72. The fourth-order valence-electron chi connectivity index (χ4n) is 1.71. The van der Waals surface area contributed by atoms with Gasteiger partial charge in [0.15, 0.2) is 0 Å². The fraction of sp³-hybridized carbons (Fsp3) is 0.0667. The van der Waals surface area contributed by atoms with Crippen LogP contribution in [-0.2, 0) is 4.74 Å². The van der Waals surface area contributed by atoms with E-state index in [1.54, 1.807) is 18.2 Å². The number of carbonyl (C=O) groups excluding carboxylic acids is 2. The Labute approximate surface area is 125 Å². The number of halogens is 2. The highest BCUT2D eigenvalue weighted by Gasteiger charge is 2.13. The highest BCUT2D eigenvalue weighted by Crippen LogP contribution is 2.17. The lowest BCUT2D eigenvalue weighted by Gasteiger charge is -2.07. The zero-order chi connectivity index (χ0) is 15.4. The average molecular weight is 308 g/mol. The van der Waals surface area contributed by atoms with Gasteiger partial charge >= 0.3 is 5.97 Å². The van der Waals surface area contributed by atoms with E-state index in [0.717, 1.165) is 6.07 Å². The highest BCUT2D eigenvalue weighted by molar-refractivity contribution is 6.30. The van der Waals surface area contributed by atoms with E-state index in [4.69, 9.17) is 11.6 Å². The number of esters is 1. The predicted octanol–water partition coefficient (Wildman–Crippen LogP) is 3.52. The predicted molar refractivity (Wildman–Crippen MR) is 77.1 cm³/mol. The minimum atomic E-state index is -0.718. The number of anilines is 1. The molecule has 0 aromatic heterocycles. The van der Waals surface area contributed by atoms with Gasteiger partial charge in [-0.1, -0.05) is 17.7 Å². The molecule has 2 aromatic carbocycles. The van der Waals surface area contributed by atoms with Crippen LogP contribution in [0.3, 0.4) is 0 Å². The van der Waals surface area contributed by atoms with E-state index < -0.39 is 17.7 Å². The summed E-state index contributed by atoms with van der Waals surface area (Å²) in [6, 6.07) is 9.92. The monoisotopic (exact) mass is 307 g/mol. The van der Waals surface area contributed by atoms with Gasteiger partial charge in [0.2, 0.25) is 0 Å². The number of hydrogen-bond acceptors (Lipinski definition) is 3. The molecule has 6 heteroatoms. The molecule has 0 radical (unpaired) electrons. The first-order valence-corrected chi connectivity index (χ1v) is 6.34. The first-order valence-electron chi connectivity index (χ1n) is 5.96. The van der Waals surface area contributed by atoms with E-state index in [1.165, 1.54) is 25.3 Å². The summed E-state index contributed by atoms with van der Waals surface area (Å²) in [5.74, 6) is -1.88. The molecular formula is C15H11ClFNO3. The Kier molecular flexibility index (Phi) is 4.55. The van der Waals surface area contributed by atoms with E-state index >= 15 is 0 Å². The number of benzene rings is 2. The average Bonchev–Trinajstić information content (AvgIpc) is 2.46. The molecule has 4 nitrogen and oxygen atoms in total. The van der Waals surface area contributed by atoms with E-state index in [2.05, 4.69) is 10.1 Å². The molecule has 108 valence electrons. The SMILES string of the molecule is COC(=O)c1cccc(NC(=O)c2ccc(Cl)cc2F)c1. The maximum Gasteiger partial charge on any atom is 0.337 e.